The van der Waals surface area contributed by atoms with Gasteiger partial charge in [0.25, 0.3) is 15.6 Å². The summed E-state index contributed by atoms with van der Waals surface area (Å²) in [6.07, 6.45) is 1.42. The van der Waals surface area contributed by atoms with E-state index in [1.165, 1.54) is 25.4 Å². The first kappa shape index (κ1) is 14.8. The van der Waals surface area contributed by atoms with Crippen LogP contribution in [0.25, 0.3) is 16.5 Å². The predicted octanol–water partition coefficient (Wildman–Crippen LogP) is 1.05. The van der Waals surface area contributed by atoms with Crippen molar-refractivity contribution in [2.24, 2.45) is 0 Å². The molecule has 1 aliphatic rings. The van der Waals surface area contributed by atoms with E-state index in [0.29, 0.717) is 4.57 Å². The summed E-state index contributed by atoms with van der Waals surface area (Å²) < 4.78 is 32.0. The molecule has 8 nitrogen and oxygen atoms in total. The highest BCUT2D eigenvalue weighted by Crippen LogP contribution is 2.42. The van der Waals surface area contributed by atoms with Gasteiger partial charge in [0.1, 0.15) is 10.7 Å². The van der Waals surface area contributed by atoms with E-state index in [4.69, 9.17) is 4.42 Å². The molecule has 122 valence electrons. The standard InChI is InChI=1S/C14H9N3O5S2/c1-16-10-11(12-8(5-7-23-12)24(16,20)21)22-14(19)17(13(10)18)9-4-2-3-6-15-9/h2-7H,1H3. The Balaban J connectivity index is 2.14. The molecule has 24 heavy (non-hydrogen) atoms. The molecule has 0 aliphatic carbocycles. The van der Waals surface area contributed by atoms with Gasteiger partial charge in [-0.2, -0.15) is 4.57 Å². The summed E-state index contributed by atoms with van der Waals surface area (Å²) in [6.45, 7) is 0. The molecule has 0 spiro atoms. The molecule has 4 rings (SSSR count). The summed E-state index contributed by atoms with van der Waals surface area (Å²) in [6, 6.07) is 6.10. The SMILES string of the molecule is CN1c2c(oc(=O)n(-c3ccccn3)c2=O)-c2sccc2S1(=O)=O. The van der Waals surface area contributed by atoms with Crippen LogP contribution in [0, 0.1) is 0 Å². The molecule has 3 aromatic heterocycles. The maximum absolute atomic E-state index is 12.8. The summed E-state index contributed by atoms with van der Waals surface area (Å²) in [7, 11) is -2.63. The third kappa shape index (κ3) is 1.83. The van der Waals surface area contributed by atoms with Crippen molar-refractivity contribution >= 4 is 27.0 Å². The molecule has 3 aromatic rings. The van der Waals surface area contributed by atoms with Gasteiger partial charge in [0.05, 0.1) is 4.88 Å². The van der Waals surface area contributed by atoms with Gasteiger partial charge in [-0.3, -0.25) is 9.10 Å². The second-order valence-electron chi connectivity index (χ2n) is 4.96. The Morgan fingerprint density at radius 2 is 2.00 bits per heavy atom. The van der Waals surface area contributed by atoms with Crippen molar-refractivity contribution in [1.82, 2.24) is 9.55 Å². The number of anilines is 1. The number of hydrogen-bond donors (Lipinski definition) is 0. The van der Waals surface area contributed by atoms with Gasteiger partial charge < -0.3 is 4.42 Å². The molecule has 0 saturated carbocycles. The fourth-order valence-electron chi connectivity index (χ4n) is 2.52. The van der Waals surface area contributed by atoms with Crippen LogP contribution >= 0.6 is 11.3 Å². The minimum atomic E-state index is -3.88. The van der Waals surface area contributed by atoms with Crippen molar-refractivity contribution in [3.63, 3.8) is 0 Å². The van der Waals surface area contributed by atoms with E-state index in [0.717, 1.165) is 15.6 Å². The molecule has 0 amide bonds. The molecule has 0 aromatic carbocycles. The van der Waals surface area contributed by atoms with E-state index < -0.39 is 21.3 Å². The third-order valence-corrected chi connectivity index (χ3v) is 6.50. The number of nitrogens with zero attached hydrogens (tertiary/aromatic N) is 3. The summed E-state index contributed by atoms with van der Waals surface area (Å²) in [5.41, 5.74) is -1.01. The first-order chi connectivity index (χ1) is 11.4. The van der Waals surface area contributed by atoms with Crippen molar-refractivity contribution in [2.75, 3.05) is 11.4 Å². The summed E-state index contributed by atoms with van der Waals surface area (Å²) in [5.74, 6) is -0.911. The smallest absolute Gasteiger partial charge is 0.406 e. The minimum absolute atomic E-state index is 0.0145. The van der Waals surface area contributed by atoms with Crippen molar-refractivity contribution in [1.29, 1.82) is 0 Å². The number of pyridine rings is 1. The molecule has 0 radical (unpaired) electrons. The van der Waals surface area contributed by atoms with E-state index in [1.54, 1.807) is 17.5 Å². The Morgan fingerprint density at radius 1 is 1.21 bits per heavy atom. The van der Waals surface area contributed by atoms with Crippen molar-refractivity contribution in [3.05, 3.63) is 56.7 Å². The maximum Gasteiger partial charge on any atom is 0.428 e. The molecular formula is C14H9N3O5S2. The first-order valence-corrected chi connectivity index (χ1v) is 9.03. The molecule has 0 N–H and O–H groups in total. The van der Waals surface area contributed by atoms with E-state index in [-0.39, 0.29) is 27.0 Å². The molecule has 1 aliphatic heterocycles. The van der Waals surface area contributed by atoms with Gasteiger partial charge in [-0.1, -0.05) is 6.07 Å². The van der Waals surface area contributed by atoms with Gasteiger partial charge >= 0.3 is 5.76 Å². The monoisotopic (exact) mass is 363 g/mol. The molecule has 10 heteroatoms. The quantitative estimate of drug-likeness (QED) is 0.640. The number of sulfonamides is 1. The first-order valence-electron chi connectivity index (χ1n) is 6.71. The van der Waals surface area contributed by atoms with Gasteiger partial charge in [-0.25, -0.2) is 18.2 Å². The Morgan fingerprint density at radius 3 is 2.71 bits per heavy atom. The predicted molar refractivity (Wildman–Crippen MR) is 87.3 cm³/mol. The molecule has 0 fully saturated rings. The van der Waals surface area contributed by atoms with Crippen LogP contribution in [0.2, 0.25) is 0 Å². The van der Waals surface area contributed by atoms with Crippen LogP contribution in [-0.2, 0) is 10.0 Å². The normalized spacial score (nSPS) is 15.0. The fraction of sp³-hybridized carbons (Fsp3) is 0.0714. The minimum Gasteiger partial charge on any atom is -0.406 e. The van der Waals surface area contributed by atoms with Crippen molar-refractivity contribution in [3.8, 4) is 16.5 Å². The van der Waals surface area contributed by atoms with Crippen molar-refractivity contribution < 1.29 is 12.8 Å². The van der Waals surface area contributed by atoms with E-state index in [1.807, 2.05) is 0 Å². The van der Waals surface area contributed by atoms with E-state index in [2.05, 4.69) is 4.98 Å². The second-order valence-corrected chi connectivity index (χ2v) is 7.81. The van der Waals surface area contributed by atoms with Gasteiger partial charge in [-0.05, 0) is 23.6 Å². The number of aromatic nitrogens is 2. The molecule has 4 heterocycles. The molecule has 0 unspecified atom stereocenters. The highest BCUT2D eigenvalue weighted by molar-refractivity contribution is 7.93. The Kier molecular flexibility index (Phi) is 3.02. The van der Waals surface area contributed by atoms with Gasteiger partial charge in [0, 0.05) is 13.2 Å². The Labute approximate surface area is 139 Å². The lowest BCUT2D eigenvalue weighted by Crippen LogP contribution is -2.40. The zero-order valence-electron chi connectivity index (χ0n) is 12.2. The second kappa shape index (κ2) is 4.89. The van der Waals surface area contributed by atoms with E-state index in [9.17, 15) is 18.0 Å². The third-order valence-electron chi connectivity index (χ3n) is 3.66. The number of rotatable bonds is 1. The highest BCUT2D eigenvalue weighted by Gasteiger charge is 2.38. The van der Waals surface area contributed by atoms with Crippen LogP contribution in [-0.4, -0.2) is 25.0 Å². The lowest BCUT2D eigenvalue weighted by atomic mass is 10.3. The van der Waals surface area contributed by atoms with Crippen LogP contribution in [0.3, 0.4) is 0 Å². The van der Waals surface area contributed by atoms with Crippen LogP contribution in [0.5, 0.6) is 0 Å². The zero-order chi connectivity index (χ0) is 17.1. The van der Waals surface area contributed by atoms with Crippen LogP contribution in [0.1, 0.15) is 0 Å². The molecular weight excluding hydrogens is 354 g/mol. The number of hydrogen-bond acceptors (Lipinski definition) is 7. The lowest BCUT2D eigenvalue weighted by molar-refractivity contribution is 0.469. The van der Waals surface area contributed by atoms with Gasteiger partial charge in [0.2, 0.25) is 0 Å². The average Bonchev–Trinajstić information content (AvgIpc) is 3.04. The number of thiophene rings is 1. The topological polar surface area (TPSA) is 102 Å². The Bertz CT molecular complexity index is 1180. The zero-order valence-corrected chi connectivity index (χ0v) is 13.8. The van der Waals surface area contributed by atoms with Crippen LogP contribution < -0.4 is 15.6 Å². The van der Waals surface area contributed by atoms with E-state index >= 15 is 0 Å². The highest BCUT2D eigenvalue weighted by atomic mass is 32.2. The van der Waals surface area contributed by atoms with Gasteiger partial charge in [0.15, 0.2) is 11.4 Å². The molecule has 0 bridgehead atoms. The molecule has 0 atom stereocenters. The summed E-state index contributed by atoms with van der Waals surface area (Å²) in [4.78, 5) is 29.3. The van der Waals surface area contributed by atoms with Crippen LogP contribution in [0.4, 0.5) is 5.69 Å². The average molecular weight is 363 g/mol. The summed E-state index contributed by atoms with van der Waals surface area (Å²) in [5, 5.41) is 1.56. The van der Waals surface area contributed by atoms with Crippen molar-refractivity contribution in [2.45, 2.75) is 4.90 Å². The lowest BCUT2D eigenvalue weighted by Gasteiger charge is -2.25. The van der Waals surface area contributed by atoms with Crippen LogP contribution in [0.15, 0.2) is 54.7 Å². The van der Waals surface area contributed by atoms with Gasteiger partial charge in [-0.15, -0.1) is 11.3 Å². The fourth-order valence-corrected chi connectivity index (χ4v) is 5.10. The maximum atomic E-state index is 12.8. The number of fused-ring (bicyclic) bond motifs is 3. The molecule has 0 saturated heterocycles. The Hall–Kier alpha value is -2.72. The summed E-state index contributed by atoms with van der Waals surface area (Å²) >= 11 is 1.09. The largest absolute Gasteiger partial charge is 0.428 e.